The standard InChI is InChI=1S/C10H11ClFNO/c11-7-10(14)13-6-5-8-3-1-2-4-9(8)12/h1-4H,5-7H2,(H,13,14). The highest BCUT2D eigenvalue weighted by molar-refractivity contribution is 6.27. The van der Waals surface area contributed by atoms with E-state index in [2.05, 4.69) is 5.32 Å². The molecule has 1 aromatic rings. The molecule has 1 aromatic carbocycles. The third-order valence-corrected chi connectivity index (χ3v) is 2.04. The Hall–Kier alpha value is -1.09. The largest absolute Gasteiger partial charge is 0.355 e. The number of alkyl halides is 1. The minimum Gasteiger partial charge on any atom is -0.355 e. The molecule has 1 amide bonds. The number of nitrogens with one attached hydrogen (secondary N) is 1. The molecule has 1 rings (SSSR count). The Morgan fingerprint density at radius 2 is 2.14 bits per heavy atom. The molecule has 0 fully saturated rings. The van der Waals surface area contributed by atoms with Gasteiger partial charge in [0.15, 0.2) is 0 Å². The summed E-state index contributed by atoms with van der Waals surface area (Å²) >= 11 is 5.28. The number of hydrogen-bond donors (Lipinski definition) is 1. The molecular weight excluding hydrogens is 205 g/mol. The molecule has 1 N–H and O–H groups in total. The molecule has 0 heterocycles. The van der Waals surface area contributed by atoms with E-state index < -0.39 is 0 Å². The molecule has 0 aliphatic heterocycles. The van der Waals surface area contributed by atoms with Gasteiger partial charge in [0.25, 0.3) is 0 Å². The van der Waals surface area contributed by atoms with Gasteiger partial charge in [-0.2, -0.15) is 0 Å². The van der Waals surface area contributed by atoms with Crippen LogP contribution in [0.15, 0.2) is 24.3 Å². The lowest BCUT2D eigenvalue weighted by atomic mass is 10.1. The first kappa shape index (κ1) is 11.0. The highest BCUT2D eigenvalue weighted by atomic mass is 35.5. The Morgan fingerprint density at radius 3 is 2.79 bits per heavy atom. The minimum absolute atomic E-state index is 0.0583. The van der Waals surface area contributed by atoms with Crippen molar-refractivity contribution in [1.29, 1.82) is 0 Å². The monoisotopic (exact) mass is 215 g/mol. The van der Waals surface area contributed by atoms with Crippen LogP contribution in [0, 0.1) is 5.82 Å². The first-order chi connectivity index (χ1) is 6.74. The van der Waals surface area contributed by atoms with Crippen LogP contribution in [-0.4, -0.2) is 18.3 Å². The quantitative estimate of drug-likeness (QED) is 0.762. The summed E-state index contributed by atoms with van der Waals surface area (Å²) in [5, 5.41) is 2.57. The van der Waals surface area contributed by atoms with Crippen molar-refractivity contribution < 1.29 is 9.18 Å². The van der Waals surface area contributed by atoms with Crippen LogP contribution in [0.3, 0.4) is 0 Å². The molecule has 0 aliphatic rings. The molecular formula is C10H11ClFNO. The van der Waals surface area contributed by atoms with Crippen molar-refractivity contribution in [2.45, 2.75) is 6.42 Å². The van der Waals surface area contributed by atoms with Gasteiger partial charge in [-0.25, -0.2) is 4.39 Å². The Kier molecular flexibility index (Phi) is 4.40. The van der Waals surface area contributed by atoms with E-state index in [0.29, 0.717) is 18.5 Å². The van der Waals surface area contributed by atoms with E-state index >= 15 is 0 Å². The zero-order valence-corrected chi connectivity index (χ0v) is 8.35. The molecule has 0 radical (unpaired) electrons. The van der Waals surface area contributed by atoms with Crippen LogP contribution in [-0.2, 0) is 11.2 Å². The number of halogens is 2. The van der Waals surface area contributed by atoms with Gasteiger partial charge in [0, 0.05) is 6.54 Å². The molecule has 0 spiro atoms. The summed E-state index contributed by atoms with van der Waals surface area (Å²) in [5.41, 5.74) is 0.599. The lowest BCUT2D eigenvalue weighted by molar-refractivity contribution is -0.118. The SMILES string of the molecule is O=C(CCl)NCCc1ccccc1F. The summed E-state index contributed by atoms with van der Waals surface area (Å²) in [5.74, 6) is -0.535. The molecule has 0 saturated heterocycles. The van der Waals surface area contributed by atoms with Gasteiger partial charge in [0.2, 0.25) is 5.91 Å². The van der Waals surface area contributed by atoms with Crippen LogP contribution in [0.2, 0.25) is 0 Å². The topological polar surface area (TPSA) is 29.1 Å². The Labute approximate surface area is 87.1 Å². The summed E-state index contributed by atoms with van der Waals surface area (Å²) < 4.78 is 13.1. The molecule has 0 aliphatic carbocycles. The Morgan fingerprint density at radius 1 is 1.43 bits per heavy atom. The Balaban J connectivity index is 2.39. The number of hydrogen-bond acceptors (Lipinski definition) is 1. The number of benzene rings is 1. The average molecular weight is 216 g/mol. The van der Waals surface area contributed by atoms with E-state index in [1.807, 2.05) is 0 Å². The van der Waals surface area contributed by atoms with Crippen molar-refractivity contribution in [3.63, 3.8) is 0 Å². The first-order valence-electron chi connectivity index (χ1n) is 4.30. The third-order valence-electron chi connectivity index (χ3n) is 1.80. The van der Waals surface area contributed by atoms with E-state index in [0.717, 1.165) is 0 Å². The number of amides is 1. The lowest BCUT2D eigenvalue weighted by Gasteiger charge is -2.03. The second kappa shape index (κ2) is 5.60. The number of rotatable bonds is 4. The lowest BCUT2D eigenvalue weighted by Crippen LogP contribution is -2.26. The molecule has 0 aromatic heterocycles. The fraction of sp³-hybridized carbons (Fsp3) is 0.300. The van der Waals surface area contributed by atoms with E-state index in [-0.39, 0.29) is 17.6 Å². The molecule has 76 valence electrons. The van der Waals surface area contributed by atoms with Gasteiger partial charge in [0.05, 0.1) is 0 Å². The normalized spacial score (nSPS) is 9.86. The van der Waals surface area contributed by atoms with Gasteiger partial charge >= 0.3 is 0 Å². The van der Waals surface area contributed by atoms with Gasteiger partial charge < -0.3 is 5.32 Å². The number of carbonyl (C=O) groups is 1. The fourth-order valence-electron chi connectivity index (χ4n) is 1.08. The zero-order chi connectivity index (χ0) is 10.4. The number of carbonyl (C=O) groups excluding carboxylic acids is 1. The highest BCUT2D eigenvalue weighted by Crippen LogP contribution is 2.05. The van der Waals surface area contributed by atoms with Crippen LogP contribution < -0.4 is 5.32 Å². The van der Waals surface area contributed by atoms with Crippen molar-refractivity contribution in [2.24, 2.45) is 0 Å². The smallest absolute Gasteiger partial charge is 0.234 e. The van der Waals surface area contributed by atoms with Gasteiger partial charge in [-0.3, -0.25) is 4.79 Å². The van der Waals surface area contributed by atoms with Gasteiger partial charge in [-0.05, 0) is 18.1 Å². The van der Waals surface area contributed by atoms with Crippen LogP contribution >= 0.6 is 11.6 Å². The van der Waals surface area contributed by atoms with Crippen LogP contribution in [0.25, 0.3) is 0 Å². The predicted molar refractivity (Wildman–Crippen MR) is 53.8 cm³/mol. The van der Waals surface area contributed by atoms with Crippen LogP contribution in [0.5, 0.6) is 0 Å². The van der Waals surface area contributed by atoms with E-state index in [9.17, 15) is 9.18 Å². The average Bonchev–Trinajstić information content (AvgIpc) is 2.20. The summed E-state index contributed by atoms with van der Waals surface area (Å²) in [7, 11) is 0. The predicted octanol–water partition coefficient (Wildman–Crippen LogP) is 1.72. The second-order valence-corrected chi connectivity index (χ2v) is 3.09. The zero-order valence-electron chi connectivity index (χ0n) is 7.59. The molecule has 0 atom stereocenters. The summed E-state index contributed by atoms with van der Waals surface area (Å²) in [6, 6.07) is 6.50. The maximum atomic E-state index is 13.1. The molecule has 0 saturated carbocycles. The second-order valence-electron chi connectivity index (χ2n) is 2.82. The van der Waals surface area contributed by atoms with Crippen molar-refractivity contribution in [2.75, 3.05) is 12.4 Å². The highest BCUT2D eigenvalue weighted by Gasteiger charge is 2.01. The van der Waals surface area contributed by atoms with E-state index in [1.54, 1.807) is 18.2 Å². The van der Waals surface area contributed by atoms with Gasteiger partial charge in [0.1, 0.15) is 11.7 Å². The molecule has 14 heavy (non-hydrogen) atoms. The summed E-state index contributed by atoms with van der Waals surface area (Å²) in [4.78, 5) is 10.8. The molecule has 0 bridgehead atoms. The van der Waals surface area contributed by atoms with Crippen molar-refractivity contribution >= 4 is 17.5 Å². The van der Waals surface area contributed by atoms with Crippen molar-refractivity contribution in [3.05, 3.63) is 35.6 Å². The van der Waals surface area contributed by atoms with Crippen LogP contribution in [0.1, 0.15) is 5.56 Å². The molecule has 2 nitrogen and oxygen atoms in total. The van der Waals surface area contributed by atoms with Crippen LogP contribution in [0.4, 0.5) is 4.39 Å². The molecule has 0 unspecified atom stereocenters. The maximum Gasteiger partial charge on any atom is 0.234 e. The third kappa shape index (κ3) is 3.34. The maximum absolute atomic E-state index is 13.1. The minimum atomic E-state index is -0.243. The van der Waals surface area contributed by atoms with Gasteiger partial charge in [-0.1, -0.05) is 18.2 Å². The van der Waals surface area contributed by atoms with Crippen molar-refractivity contribution in [3.8, 4) is 0 Å². The van der Waals surface area contributed by atoms with E-state index in [4.69, 9.17) is 11.6 Å². The van der Waals surface area contributed by atoms with Crippen molar-refractivity contribution in [1.82, 2.24) is 5.32 Å². The summed E-state index contributed by atoms with van der Waals surface area (Å²) in [6.45, 7) is 0.409. The van der Waals surface area contributed by atoms with Gasteiger partial charge in [-0.15, -0.1) is 11.6 Å². The molecule has 4 heteroatoms. The fourth-order valence-corrected chi connectivity index (χ4v) is 1.18. The Bertz CT molecular complexity index is 317. The van der Waals surface area contributed by atoms with E-state index in [1.165, 1.54) is 6.07 Å². The summed E-state index contributed by atoms with van der Waals surface area (Å²) in [6.07, 6.45) is 0.481. The first-order valence-corrected chi connectivity index (χ1v) is 4.83.